The molecule has 3 aliphatic rings. The lowest BCUT2D eigenvalue weighted by molar-refractivity contribution is -0.178. The van der Waals surface area contributed by atoms with Crippen LogP contribution in [0.15, 0.2) is 209 Å². The SMILES string of the molecule is CC(=O)c1ccc(Br)cc1O.CN(C)/C=C/C(=O)c1ccc(Br)cc1O.CN(C)C(OC(C)(C)C)N(C)C.Cc1ccc(S(=O)(=O)O/N=C2\CCOc3cc(Br)ccc32)cc1.O/N=C1\CCOc2cc(Br)ccc21.O=C1CCOc2cc(Br)ccc21.O=c1ccoc2cc(Br)ccc12. The Morgan fingerprint density at radius 2 is 1.04 bits per heavy atom. The van der Waals surface area contributed by atoms with Gasteiger partial charge in [0.15, 0.2) is 29.1 Å². The van der Waals surface area contributed by atoms with Gasteiger partial charge in [-0.15, -0.1) is 0 Å². The molecule has 27 heteroatoms. The molecule has 1 aromatic heterocycles. The van der Waals surface area contributed by atoms with Gasteiger partial charge in [0.1, 0.15) is 39.2 Å². The van der Waals surface area contributed by atoms with Gasteiger partial charge < -0.3 is 43.7 Å². The standard InChI is InChI=1S/C16H14BrNO4S.C11H12BrNO2.C9H8BrNO2.C9H7BrO2.C9H5BrO2.C9H22N2O.C8H7BrO2/c1-11-2-5-13(6-3-11)23(19,20)22-18-15-8-9-21-16-10-12(17)4-7-14(15)16;1-13(2)6-5-10(14)9-4-3-8(12)7-11(9)15;10-6-1-2-7-8(11-12)3-4-13-9(7)5-6;2*10-6-1-2-7-8(11)3-4-12-9(7)5-6;1-9(2,3)12-8(10(4)5)11(6)7;1-5(10)7-3-2-6(9)4-8(7)11/h2-7,10H,8-9H2,1H3;3-7,15H,1-2H3;1-2,5,12H,3-4H2;1-2,5H,3-4H2;1-5H;8H,1-7H3;2-4,11H,1H3/b18-15+;6-5+;11-8+;;;;. The van der Waals surface area contributed by atoms with Crippen LogP contribution in [0, 0.1) is 6.92 Å². The molecule has 7 aromatic carbocycles. The summed E-state index contributed by atoms with van der Waals surface area (Å²) in [5.41, 5.74) is 5.67. The minimum atomic E-state index is -3.92. The number of carbonyl (C=O) groups is 3. The van der Waals surface area contributed by atoms with E-state index in [1.807, 2.05) is 114 Å². The van der Waals surface area contributed by atoms with Crippen LogP contribution < -0.4 is 19.6 Å². The third kappa shape index (κ3) is 26.6. The van der Waals surface area contributed by atoms with E-state index in [4.69, 9.17) is 32.9 Å². The molecule has 0 fully saturated rings. The fraction of sp³-hybridized carbons (Fsp3) is 0.268. The van der Waals surface area contributed by atoms with E-state index in [0.717, 1.165) is 49.3 Å². The molecule has 3 aliphatic heterocycles. The number of nitrogens with zero attached hydrogens (tertiary/aromatic N) is 5. The summed E-state index contributed by atoms with van der Waals surface area (Å²) in [6.07, 6.45) is 6.15. The Bertz CT molecular complexity index is 4320. The first-order valence-electron chi connectivity index (χ1n) is 29.8. The van der Waals surface area contributed by atoms with E-state index in [0.29, 0.717) is 89.7 Å². The Kier molecular flexibility index (Phi) is 32.5. The van der Waals surface area contributed by atoms with E-state index >= 15 is 0 Å². The summed E-state index contributed by atoms with van der Waals surface area (Å²) in [4.78, 5) is 50.8. The molecular weight excluding hydrogens is 1670 g/mol. The molecular formula is C71H75Br6N5O15S. The number of hydrogen-bond donors (Lipinski definition) is 3. The number of allylic oxidation sites excluding steroid dienone is 1. The summed E-state index contributed by atoms with van der Waals surface area (Å²) in [7, 11) is 7.77. The molecule has 0 radical (unpaired) electrons. The summed E-state index contributed by atoms with van der Waals surface area (Å²) in [5.74, 6) is 1.95. The fourth-order valence-corrected chi connectivity index (χ4v) is 11.4. The number of phenolic OH excluding ortho intramolecular Hbond substituents is 2. The van der Waals surface area contributed by atoms with E-state index in [2.05, 4.69) is 127 Å². The van der Waals surface area contributed by atoms with Crippen LogP contribution in [0.5, 0.6) is 28.7 Å². The first-order valence-corrected chi connectivity index (χ1v) is 36.0. The van der Waals surface area contributed by atoms with Crippen molar-refractivity contribution in [2.75, 3.05) is 62.1 Å². The van der Waals surface area contributed by atoms with Crippen molar-refractivity contribution in [1.29, 1.82) is 0 Å². The van der Waals surface area contributed by atoms with Crippen LogP contribution in [0.1, 0.15) is 94.7 Å². The van der Waals surface area contributed by atoms with Crippen molar-refractivity contribution in [1.82, 2.24) is 14.7 Å². The summed E-state index contributed by atoms with van der Waals surface area (Å²) in [5, 5.41) is 35.2. The molecule has 0 amide bonds. The van der Waals surface area contributed by atoms with Crippen molar-refractivity contribution in [3.05, 3.63) is 229 Å². The Labute approximate surface area is 621 Å². The van der Waals surface area contributed by atoms with Crippen LogP contribution in [-0.4, -0.2) is 141 Å². The average Bonchev–Trinajstić information content (AvgIpc) is 0.832. The van der Waals surface area contributed by atoms with Gasteiger partial charge in [0, 0.05) is 89.7 Å². The number of halogens is 6. The Hall–Kier alpha value is -7.05. The van der Waals surface area contributed by atoms with Crippen molar-refractivity contribution in [2.45, 2.75) is 70.7 Å². The quantitative estimate of drug-likeness (QED) is 0.0378. The second-order valence-corrected chi connectivity index (χ2v) is 30.0. The molecule has 98 heavy (non-hydrogen) atoms. The van der Waals surface area contributed by atoms with Gasteiger partial charge in [-0.25, -0.2) is 0 Å². The lowest BCUT2D eigenvalue weighted by Crippen LogP contribution is -2.46. The topological polar surface area (TPSA) is 257 Å². The normalized spacial score (nSPS) is 13.6. The van der Waals surface area contributed by atoms with Crippen LogP contribution in [0.25, 0.3) is 11.0 Å². The van der Waals surface area contributed by atoms with E-state index < -0.39 is 10.1 Å². The zero-order valence-corrected chi connectivity index (χ0v) is 65.8. The number of ketones is 3. The molecule has 0 saturated carbocycles. The molecule has 0 bridgehead atoms. The monoisotopic (exact) mass is 1740 g/mol. The third-order valence-electron chi connectivity index (χ3n) is 13.3. The average molecular weight is 1750 g/mol. The van der Waals surface area contributed by atoms with Crippen LogP contribution in [0.2, 0.25) is 0 Å². The number of fused-ring (bicyclic) bond motifs is 4. The summed E-state index contributed by atoms with van der Waals surface area (Å²) in [6, 6.07) is 39.4. The van der Waals surface area contributed by atoms with Gasteiger partial charge in [-0.2, -0.15) is 8.42 Å². The number of rotatable bonds is 10. The van der Waals surface area contributed by atoms with Crippen molar-refractivity contribution in [3.63, 3.8) is 0 Å². The second kappa shape index (κ2) is 39.1. The van der Waals surface area contributed by atoms with Gasteiger partial charge in [-0.05, 0) is 184 Å². The number of oxime groups is 2. The Balaban J connectivity index is 0.000000210. The van der Waals surface area contributed by atoms with Crippen molar-refractivity contribution in [2.24, 2.45) is 10.3 Å². The summed E-state index contributed by atoms with van der Waals surface area (Å²) < 4.78 is 61.7. The van der Waals surface area contributed by atoms with Crippen LogP contribution in [-0.2, 0) is 19.1 Å². The highest BCUT2D eigenvalue weighted by molar-refractivity contribution is 9.11. The van der Waals surface area contributed by atoms with Gasteiger partial charge >= 0.3 is 10.1 Å². The Morgan fingerprint density at radius 3 is 1.52 bits per heavy atom. The maximum atomic E-state index is 12.2. The number of aromatic hydroxyl groups is 2. The van der Waals surface area contributed by atoms with Crippen LogP contribution in [0.3, 0.4) is 0 Å². The van der Waals surface area contributed by atoms with Crippen LogP contribution in [0.4, 0.5) is 0 Å². The molecule has 0 aliphatic carbocycles. The second-order valence-electron chi connectivity index (χ2n) is 23.0. The first-order chi connectivity index (χ1) is 46.2. The van der Waals surface area contributed by atoms with Gasteiger partial charge in [0.2, 0.25) is 0 Å². The zero-order chi connectivity index (χ0) is 72.6. The molecule has 8 aromatic rings. The molecule has 0 spiro atoms. The van der Waals surface area contributed by atoms with E-state index in [-0.39, 0.29) is 51.1 Å². The van der Waals surface area contributed by atoms with E-state index in [9.17, 15) is 37.8 Å². The molecule has 11 rings (SSSR count). The highest BCUT2D eigenvalue weighted by Gasteiger charge is 2.24. The molecule has 0 atom stereocenters. The summed E-state index contributed by atoms with van der Waals surface area (Å²) >= 11 is 19.7. The maximum absolute atomic E-state index is 12.2. The minimum absolute atomic E-state index is 0.0104. The zero-order valence-electron chi connectivity index (χ0n) is 55.5. The number of aryl methyl sites for hydroxylation is 1. The molecule has 20 nitrogen and oxygen atoms in total. The summed E-state index contributed by atoms with van der Waals surface area (Å²) in [6.45, 7) is 11.0. The minimum Gasteiger partial charge on any atom is -0.507 e. The molecule has 522 valence electrons. The number of ether oxygens (including phenoxy) is 4. The predicted molar refractivity (Wildman–Crippen MR) is 402 cm³/mol. The first kappa shape index (κ1) is 81.6. The Morgan fingerprint density at radius 1 is 0.592 bits per heavy atom. The molecule has 0 saturated heterocycles. The fourth-order valence-electron chi connectivity index (χ4n) is 8.63. The van der Waals surface area contributed by atoms with E-state index in [1.165, 1.54) is 49.6 Å². The molecule has 4 heterocycles. The van der Waals surface area contributed by atoms with Gasteiger partial charge in [-0.3, -0.25) is 33.3 Å². The number of carbonyl (C=O) groups excluding carboxylic acids is 3. The van der Waals surface area contributed by atoms with Crippen LogP contribution >= 0.6 is 95.6 Å². The smallest absolute Gasteiger partial charge is 0.358 e. The van der Waals surface area contributed by atoms with Crippen molar-refractivity contribution in [3.8, 4) is 28.7 Å². The van der Waals surface area contributed by atoms with Gasteiger partial charge in [-0.1, -0.05) is 124 Å². The lowest BCUT2D eigenvalue weighted by atomic mass is 10.0. The van der Waals surface area contributed by atoms with Crippen molar-refractivity contribution < 1.29 is 65.9 Å². The highest BCUT2D eigenvalue weighted by atomic mass is 79.9. The number of benzene rings is 7. The molecule has 3 N–H and O–H groups in total. The highest BCUT2D eigenvalue weighted by Crippen LogP contribution is 2.32. The number of phenols is 2. The largest absolute Gasteiger partial charge is 0.507 e. The lowest BCUT2D eigenvalue weighted by Gasteiger charge is -2.35. The maximum Gasteiger partial charge on any atom is 0.358 e. The van der Waals surface area contributed by atoms with Gasteiger partial charge in [0.05, 0.1) is 65.2 Å². The third-order valence-corrected chi connectivity index (χ3v) is 17.3. The van der Waals surface area contributed by atoms with E-state index in [1.54, 1.807) is 65.7 Å². The number of Topliss-reactive ketones (excluding diaryl/α,β-unsaturated/α-hetero) is 2. The van der Waals surface area contributed by atoms with Gasteiger partial charge in [0.25, 0.3) is 0 Å². The van der Waals surface area contributed by atoms with Crippen molar-refractivity contribution >= 4 is 145 Å². The predicted octanol–water partition coefficient (Wildman–Crippen LogP) is 17.0. The molecule has 0 unspecified atom stereocenters. The number of hydrogen-bond acceptors (Lipinski definition) is 20.